The molecule has 8 nitrogen and oxygen atoms in total. The zero-order valence-corrected chi connectivity index (χ0v) is 17.6. The van der Waals surface area contributed by atoms with Crippen molar-refractivity contribution in [2.24, 2.45) is 0 Å². The molecule has 0 unspecified atom stereocenters. The van der Waals surface area contributed by atoms with Gasteiger partial charge in [0.1, 0.15) is 5.75 Å². The number of amides is 3. The van der Waals surface area contributed by atoms with Crippen molar-refractivity contribution in [1.29, 1.82) is 0 Å². The molecule has 0 aliphatic carbocycles. The smallest absolute Gasteiger partial charge is 0.269 e. The van der Waals surface area contributed by atoms with Crippen molar-refractivity contribution in [3.8, 4) is 5.75 Å². The van der Waals surface area contributed by atoms with E-state index in [1.54, 1.807) is 48.5 Å². The van der Waals surface area contributed by atoms with E-state index in [1.807, 2.05) is 13.8 Å². The summed E-state index contributed by atoms with van der Waals surface area (Å²) >= 11 is 5.04. The fourth-order valence-corrected chi connectivity index (χ4v) is 2.59. The van der Waals surface area contributed by atoms with Crippen LogP contribution in [0.25, 0.3) is 0 Å². The summed E-state index contributed by atoms with van der Waals surface area (Å²) in [6.07, 6.45) is 1.19. The molecule has 30 heavy (non-hydrogen) atoms. The van der Waals surface area contributed by atoms with Gasteiger partial charge in [0.05, 0.1) is 6.61 Å². The van der Waals surface area contributed by atoms with Gasteiger partial charge in [0.15, 0.2) is 5.11 Å². The summed E-state index contributed by atoms with van der Waals surface area (Å²) in [7, 11) is 0. The molecule has 0 bridgehead atoms. The molecule has 0 fully saturated rings. The summed E-state index contributed by atoms with van der Waals surface area (Å²) in [4.78, 5) is 36.1. The maximum absolute atomic E-state index is 12.3. The molecule has 0 spiro atoms. The highest BCUT2D eigenvalue weighted by Crippen LogP contribution is 2.13. The molecule has 0 atom stereocenters. The zero-order valence-electron chi connectivity index (χ0n) is 16.8. The molecule has 0 aliphatic rings. The number of carbonyl (C=O) groups excluding carboxylic acids is 3. The van der Waals surface area contributed by atoms with Gasteiger partial charge in [0, 0.05) is 23.2 Å². The lowest BCUT2D eigenvalue weighted by atomic mass is 10.2. The average molecular weight is 429 g/mol. The molecule has 0 radical (unpaired) electrons. The number of nitrogens with one attached hydrogen (secondary N) is 4. The van der Waals surface area contributed by atoms with Gasteiger partial charge < -0.3 is 10.1 Å². The van der Waals surface area contributed by atoms with Crippen molar-refractivity contribution < 1.29 is 19.1 Å². The fraction of sp³-hybridized carbons (Fsp3) is 0.238. The molecule has 4 N–H and O–H groups in total. The minimum absolute atomic E-state index is 0.0568. The van der Waals surface area contributed by atoms with Crippen LogP contribution >= 0.6 is 12.2 Å². The Morgan fingerprint density at radius 1 is 0.933 bits per heavy atom. The van der Waals surface area contributed by atoms with Crippen LogP contribution in [0.3, 0.4) is 0 Å². The number of rotatable bonds is 7. The summed E-state index contributed by atoms with van der Waals surface area (Å²) in [5.41, 5.74) is 6.23. The first-order valence-electron chi connectivity index (χ1n) is 9.47. The molecule has 0 aliphatic heterocycles. The van der Waals surface area contributed by atoms with E-state index in [0.717, 1.165) is 6.42 Å². The van der Waals surface area contributed by atoms with Gasteiger partial charge in [-0.25, -0.2) is 0 Å². The first-order chi connectivity index (χ1) is 14.4. The molecular weight excluding hydrogens is 404 g/mol. The monoisotopic (exact) mass is 428 g/mol. The Hall–Kier alpha value is -3.46. The van der Waals surface area contributed by atoms with Gasteiger partial charge >= 0.3 is 0 Å². The molecule has 2 rings (SSSR count). The van der Waals surface area contributed by atoms with Gasteiger partial charge in [0.25, 0.3) is 11.8 Å². The number of hydrogen-bond donors (Lipinski definition) is 4. The highest BCUT2D eigenvalue weighted by Gasteiger charge is 2.11. The lowest BCUT2D eigenvalue weighted by Crippen LogP contribution is -2.48. The SMILES string of the molecule is CCCC(=O)Nc1ccc(C(=O)NNC(=S)NC(=O)c2cccc(OCC)c2)cc1. The second-order valence-electron chi connectivity index (χ2n) is 6.20. The Kier molecular flexibility index (Phi) is 8.76. The van der Waals surface area contributed by atoms with Crippen LogP contribution in [0.15, 0.2) is 48.5 Å². The summed E-state index contributed by atoms with van der Waals surface area (Å²) in [5, 5.41) is 5.17. The van der Waals surface area contributed by atoms with E-state index in [2.05, 4.69) is 21.5 Å². The molecule has 3 amide bonds. The van der Waals surface area contributed by atoms with Crippen LogP contribution in [0.1, 0.15) is 47.4 Å². The Balaban J connectivity index is 1.84. The minimum Gasteiger partial charge on any atom is -0.494 e. The summed E-state index contributed by atoms with van der Waals surface area (Å²) in [5.74, 6) is -0.386. The first-order valence-corrected chi connectivity index (χ1v) is 9.88. The number of carbonyl (C=O) groups is 3. The van der Waals surface area contributed by atoms with Crippen LogP contribution < -0.4 is 26.2 Å². The van der Waals surface area contributed by atoms with Crippen molar-refractivity contribution in [3.63, 3.8) is 0 Å². The number of hydrazine groups is 1. The third kappa shape index (κ3) is 7.17. The van der Waals surface area contributed by atoms with Crippen molar-refractivity contribution in [2.45, 2.75) is 26.7 Å². The predicted octanol–water partition coefficient (Wildman–Crippen LogP) is 2.77. The highest BCUT2D eigenvalue weighted by molar-refractivity contribution is 7.80. The lowest BCUT2D eigenvalue weighted by molar-refractivity contribution is -0.116. The van der Waals surface area contributed by atoms with E-state index >= 15 is 0 Å². The van der Waals surface area contributed by atoms with Gasteiger partial charge in [-0.15, -0.1) is 0 Å². The standard InChI is InChI=1S/C21H24N4O4S/c1-3-6-18(26)22-16-11-9-14(10-12-16)20(28)24-25-21(30)23-19(27)15-7-5-8-17(13-15)29-4-2/h5,7-13H,3-4,6H2,1-2H3,(H,22,26)(H,24,28)(H2,23,25,27,30). The zero-order chi connectivity index (χ0) is 21.9. The largest absolute Gasteiger partial charge is 0.494 e. The predicted molar refractivity (Wildman–Crippen MR) is 118 cm³/mol. The van der Waals surface area contributed by atoms with Crippen LogP contribution in [0.5, 0.6) is 5.75 Å². The number of ether oxygens (including phenoxy) is 1. The third-order valence-corrected chi connectivity index (χ3v) is 4.04. The van der Waals surface area contributed by atoms with E-state index in [-0.39, 0.29) is 11.0 Å². The molecule has 2 aromatic carbocycles. The van der Waals surface area contributed by atoms with E-state index in [4.69, 9.17) is 17.0 Å². The van der Waals surface area contributed by atoms with Crippen molar-refractivity contribution in [1.82, 2.24) is 16.2 Å². The molecule has 0 saturated heterocycles. The number of anilines is 1. The van der Waals surface area contributed by atoms with E-state index in [1.165, 1.54) is 0 Å². The molecule has 2 aromatic rings. The number of thiocarbonyl (C=S) groups is 1. The molecule has 158 valence electrons. The lowest BCUT2D eigenvalue weighted by Gasteiger charge is -2.12. The molecule has 9 heteroatoms. The van der Waals surface area contributed by atoms with Crippen molar-refractivity contribution in [3.05, 3.63) is 59.7 Å². The Morgan fingerprint density at radius 3 is 2.33 bits per heavy atom. The van der Waals surface area contributed by atoms with Crippen LogP contribution in [-0.4, -0.2) is 29.4 Å². The van der Waals surface area contributed by atoms with Crippen LogP contribution in [0, 0.1) is 0 Å². The van der Waals surface area contributed by atoms with Gasteiger partial charge in [-0.2, -0.15) is 0 Å². The van der Waals surface area contributed by atoms with E-state index in [0.29, 0.717) is 35.6 Å². The normalized spacial score (nSPS) is 9.93. The fourth-order valence-electron chi connectivity index (χ4n) is 2.44. The second kappa shape index (κ2) is 11.5. The summed E-state index contributed by atoms with van der Waals surface area (Å²) < 4.78 is 5.36. The first kappa shape index (κ1) is 22.8. The second-order valence-corrected chi connectivity index (χ2v) is 6.61. The summed E-state index contributed by atoms with van der Waals surface area (Å²) in [6, 6.07) is 13.1. The van der Waals surface area contributed by atoms with Gasteiger partial charge in [-0.05, 0) is 68.0 Å². The quantitative estimate of drug-likeness (QED) is 0.399. The minimum atomic E-state index is -0.448. The van der Waals surface area contributed by atoms with E-state index in [9.17, 15) is 14.4 Å². The third-order valence-electron chi connectivity index (χ3n) is 3.83. The van der Waals surface area contributed by atoms with Crippen LogP contribution in [0.4, 0.5) is 5.69 Å². The van der Waals surface area contributed by atoms with Gasteiger partial charge in [0.2, 0.25) is 5.91 Å². The molecule has 0 saturated carbocycles. The average Bonchev–Trinajstić information content (AvgIpc) is 2.73. The van der Waals surface area contributed by atoms with Crippen LogP contribution in [0.2, 0.25) is 0 Å². The maximum atomic E-state index is 12.3. The number of hydrogen-bond acceptors (Lipinski definition) is 5. The van der Waals surface area contributed by atoms with Crippen molar-refractivity contribution in [2.75, 3.05) is 11.9 Å². The molecular formula is C21H24N4O4S. The Labute approximate surface area is 180 Å². The molecule has 0 heterocycles. The Morgan fingerprint density at radius 2 is 1.67 bits per heavy atom. The van der Waals surface area contributed by atoms with Crippen LogP contribution in [-0.2, 0) is 4.79 Å². The van der Waals surface area contributed by atoms with Crippen molar-refractivity contribution >= 4 is 40.7 Å². The summed E-state index contributed by atoms with van der Waals surface area (Å²) in [6.45, 7) is 4.26. The van der Waals surface area contributed by atoms with Gasteiger partial charge in [-0.3, -0.25) is 30.6 Å². The van der Waals surface area contributed by atoms with E-state index < -0.39 is 11.8 Å². The number of benzene rings is 2. The topological polar surface area (TPSA) is 109 Å². The maximum Gasteiger partial charge on any atom is 0.269 e. The highest BCUT2D eigenvalue weighted by atomic mass is 32.1. The molecule has 0 aromatic heterocycles. The Bertz CT molecular complexity index is 915. The van der Waals surface area contributed by atoms with Gasteiger partial charge in [-0.1, -0.05) is 13.0 Å².